The topological polar surface area (TPSA) is 29.9 Å². The summed E-state index contributed by atoms with van der Waals surface area (Å²) in [6.07, 6.45) is 2.13. The lowest BCUT2D eigenvalue weighted by atomic mass is 9.91. The van der Waals surface area contributed by atoms with Gasteiger partial charge in [-0.25, -0.2) is 0 Å². The molecule has 0 saturated heterocycles. The molecule has 1 heterocycles. The van der Waals surface area contributed by atoms with E-state index in [2.05, 4.69) is 37.3 Å². The summed E-state index contributed by atoms with van der Waals surface area (Å²) in [5, 5.41) is 7.78. The lowest BCUT2D eigenvalue weighted by Gasteiger charge is -2.20. The Morgan fingerprint density at radius 3 is 2.56 bits per heavy atom. The molecule has 0 aliphatic heterocycles. The minimum atomic E-state index is 0.685. The number of hydrogen-bond acceptors (Lipinski definition) is 2. The van der Waals surface area contributed by atoms with Crippen LogP contribution in [0.4, 0.5) is 0 Å². The van der Waals surface area contributed by atoms with Crippen LogP contribution in [0.1, 0.15) is 32.2 Å². The van der Waals surface area contributed by atoms with Crippen molar-refractivity contribution < 1.29 is 0 Å². The Bertz CT molecular complexity index is 315. The number of nitrogens with one attached hydrogen (secondary N) is 1. The molecular formula is C13H25N3. The van der Waals surface area contributed by atoms with Crippen LogP contribution in [0.5, 0.6) is 0 Å². The van der Waals surface area contributed by atoms with Crippen molar-refractivity contribution in [2.45, 2.75) is 33.6 Å². The Morgan fingerprint density at radius 2 is 2.12 bits per heavy atom. The summed E-state index contributed by atoms with van der Waals surface area (Å²) in [5.41, 5.74) is 2.55. The molecule has 1 aromatic heterocycles. The second-order valence-corrected chi connectivity index (χ2v) is 4.87. The largest absolute Gasteiger partial charge is 0.319 e. The zero-order valence-electron chi connectivity index (χ0n) is 11.2. The van der Waals surface area contributed by atoms with E-state index in [9.17, 15) is 0 Å². The maximum absolute atomic E-state index is 4.50. The average molecular weight is 223 g/mol. The highest BCUT2D eigenvalue weighted by molar-refractivity contribution is 5.11. The van der Waals surface area contributed by atoms with Crippen molar-refractivity contribution in [3.8, 4) is 0 Å². The number of aryl methyl sites for hydroxylation is 2. The van der Waals surface area contributed by atoms with Crippen LogP contribution >= 0.6 is 0 Å². The monoisotopic (exact) mass is 223 g/mol. The van der Waals surface area contributed by atoms with Gasteiger partial charge >= 0.3 is 0 Å². The summed E-state index contributed by atoms with van der Waals surface area (Å²) >= 11 is 0. The van der Waals surface area contributed by atoms with Gasteiger partial charge in [-0.3, -0.25) is 4.68 Å². The SMILES string of the molecule is CCc1cc(CC(CNC)C(C)C)n(C)n1. The Morgan fingerprint density at radius 1 is 1.44 bits per heavy atom. The highest BCUT2D eigenvalue weighted by Gasteiger charge is 2.15. The van der Waals surface area contributed by atoms with Gasteiger partial charge in [0, 0.05) is 12.7 Å². The minimum absolute atomic E-state index is 0.685. The lowest BCUT2D eigenvalue weighted by molar-refractivity contribution is 0.363. The van der Waals surface area contributed by atoms with Gasteiger partial charge in [0.15, 0.2) is 0 Å². The van der Waals surface area contributed by atoms with Crippen molar-refractivity contribution in [1.29, 1.82) is 0 Å². The van der Waals surface area contributed by atoms with Crippen LogP contribution in [-0.4, -0.2) is 23.4 Å². The first-order valence-electron chi connectivity index (χ1n) is 6.24. The predicted octanol–water partition coefficient (Wildman–Crippen LogP) is 2.02. The molecule has 1 atom stereocenters. The van der Waals surface area contributed by atoms with Crippen LogP contribution in [0.3, 0.4) is 0 Å². The van der Waals surface area contributed by atoms with E-state index < -0.39 is 0 Å². The normalized spacial score (nSPS) is 13.4. The second kappa shape index (κ2) is 6.04. The fourth-order valence-electron chi connectivity index (χ4n) is 2.01. The molecule has 92 valence electrons. The third-order valence-corrected chi connectivity index (χ3v) is 3.27. The number of hydrogen-bond donors (Lipinski definition) is 1. The van der Waals surface area contributed by atoms with Gasteiger partial charge in [0.2, 0.25) is 0 Å². The van der Waals surface area contributed by atoms with Gasteiger partial charge in [-0.1, -0.05) is 20.8 Å². The summed E-state index contributed by atoms with van der Waals surface area (Å²) in [6.45, 7) is 7.81. The average Bonchev–Trinajstić information content (AvgIpc) is 2.59. The lowest BCUT2D eigenvalue weighted by Crippen LogP contribution is -2.25. The van der Waals surface area contributed by atoms with Crippen molar-refractivity contribution in [3.63, 3.8) is 0 Å². The number of aromatic nitrogens is 2. The third-order valence-electron chi connectivity index (χ3n) is 3.27. The predicted molar refractivity (Wildman–Crippen MR) is 68.5 cm³/mol. The zero-order valence-corrected chi connectivity index (χ0v) is 11.2. The molecule has 0 aliphatic rings. The van der Waals surface area contributed by atoms with Crippen molar-refractivity contribution in [3.05, 3.63) is 17.5 Å². The molecule has 0 aromatic carbocycles. The quantitative estimate of drug-likeness (QED) is 0.799. The maximum atomic E-state index is 4.50. The van der Waals surface area contributed by atoms with E-state index >= 15 is 0 Å². The van der Waals surface area contributed by atoms with Crippen LogP contribution in [0.15, 0.2) is 6.07 Å². The van der Waals surface area contributed by atoms with Gasteiger partial charge in [0.05, 0.1) is 5.69 Å². The van der Waals surface area contributed by atoms with Crippen molar-refractivity contribution in [2.24, 2.45) is 18.9 Å². The Balaban J connectivity index is 2.72. The molecule has 1 aromatic rings. The summed E-state index contributed by atoms with van der Waals surface area (Å²) in [6, 6.07) is 2.24. The van der Waals surface area contributed by atoms with Crippen molar-refractivity contribution >= 4 is 0 Å². The molecule has 0 fully saturated rings. The summed E-state index contributed by atoms with van der Waals surface area (Å²) in [4.78, 5) is 0. The molecule has 0 aliphatic carbocycles. The van der Waals surface area contributed by atoms with Crippen LogP contribution in [0.2, 0.25) is 0 Å². The Hall–Kier alpha value is -0.830. The molecule has 0 spiro atoms. The smallest absolute Gasteiger partial charge is 0.0624 e. The van der Waals surface area contributed by atoms with E-state index in [1.807, 2.05) is 18.8 Å². The second-order valence-electron chi connectivity index (χ2n) is 4.87. The Labute approximate surface area is 99.2 Å². The van der Waals surface area contributed by atoms with Crippen molar-refractivity contribution in [2.75, 3.05) is 13.6 Å². The minimum Gasteiger partial charge on any atom is -0.319 e. The van der Waals surface area contributed by atoms with Gasteiger partial charge < -0.3 is 5.32 Å². The van der Waals surface area contributed by atoms with E-state index in [0.717, 1.165) is 19.4 Å². The molecule has 0 bridgehead atoms. The molecule has 16 heavy (non-hydrogen) atoms. The molecule has 3 nitrogen and oxygen atoms in total. The maximum Gasteiger partial charge on any atom is 0.0624 e. The molecule has 1 N–H and O–H groups in total. The van der Waals surface area contributed by atoms with Gasteiger partial charge in [0.25, 0.3) is 0 Å². The molecule has 1 unspecified atom stereocenters. The molecule has 1 rings (SSSR count). The van der Waals surface area contributed by atoms with Crippen molar-refractivity contribution in [1.82, 2.24) is 15.1 Å². The first kappa shape index (κ1) is 13.2. The fraction of sp³-hybridized carbons (Fsp3) is 0.769. The summed E-state index contributed by atoms with van der Waals surface area (Å²) in [5.74, 6) is 1.39. The highest BCUT2D eigenvalue weighted by atomic mass is 15.3. The standard InChI is InChI=1S/C13H25N3/c1-6-12-8-13(16(5)15-12)7-11(9-14-4)10(2)3/h8,10-11,14H,6-7,9H2,1-5H3. The Kier molecular flexibility index (Phi) is 5.00. The van der Waals surface area contributed by atoms with E-state index in [1.165, 1.54) is 11.4 Å². The zero-order chi connectivity index (χ0) is 12.1. The molecule has 0 saturated carbocycles. The van der Waals surface area contributed by atoms with Crippen LogP contribution < -0.4 is 5.32 Å². The molecular weight excluding hydrogens is 198 g/mol. The molecule has 0 radical (unpaired) electrons. The van der Waals surface area contributed by atoms with Gasteiger partial charge in [-0.05, 0) is 44.3 Å². The summed E-state index contributed by atoms with van der Waals surface area (Å²) in [7, 11) is 4.07. The number of rotatable bonds is 6. The van der Waals surface area contributed by atoms with E-state index in [0.29, 0.717) is 11.8 Å². The highest BCUT2D eigenvalue weighted by Crippen LogP contribution is 2.17. The third kappa shape index (κ3) is 3.34. The van der Waals surface area contributed by atoms with Crippen LogP contribution in [0, 0.1) is 11.8 Å². The van der Waals surface area contributed by atoms with E-state index in [1.54, 1.807) is 0 Å². The van der Waals surface area contributed by atoms with Gasteiger partial charge in [0.1, 0.15) is 0 Å². The van der Waals surface area contributed by atoms with Crippen LogP contribution in [-0.2, 0) is 19.9 Å². The first-order valence-corrected chi connectivity index (χ1v) is 6.24. The van der Waals surface area contributed by atoms with E-state index in [-0.39, 0.29) is 0 Å². The van der Waals surface area contributed by atoms with Gasteiger partial charge in [-0.2, -0.15) is 5.10 Å². The summed E-state index contributed by atoms with van der Waals surface area (Å²) < 4.78 is 2.03. The molecule has 0 amide bonds. The fourth-order valence-corrected chi connectivity index (χ4v) is 2.01. The van der Waals surface area contributed by atoms with Crippen LogP contribution in [0.25, 0.3) is 0 Å². The number of nitrogens with zero attached hydrogens (tertiary/aromatic N) is 2. The molecule has 3 heteroatoms. The van der Waals surface area contributed by atoms with Gasteiger partial charge in [-0.15, -0.1) is 0 Å². The van der Waals surface area contributed by atoms with E-state index in [4.69, 9.17) is 0 Å². The first-order chi connectivity index (χ1) is 7.58.